The quantitative estimate of drug-likeness (QED) is 0.811. The Balaban J connectivity index is 1.59. The summed E-state index contributed by atoms with van der Waals surface area (Å²) in [7, 11) is -3.67. The van der Waals surface area contributed by atoms with Crippen molar-refractivity contribution in [3.05, 3.63) is 59.9 Å². The standard InChI is InChI=1S/C22H27FN2O3S/c1-22(2,3)17-4-8-19(9-5-17)24-21(26)16-12-14-25(15-13-16)29(27,28)20-10-6-18(23)7-11-20/h4-11,16H,12-15H2,1-3H3,(H,24,26). The van der Waals surface area contributed by atoms with E-state index in [1.807, 2.05) is 24.3 Å². The number of sulfonamides is 1. The van der Waals surface area contributed by atoms with Crippen molar-refractivity contribution in [3.8, 4) is 0 Å². The molecule has 0 spiro atoms. The van der Waals surface area contributed by atoms with Crippen LogP contribution in [0.25, 0.3) is 0 Å². The highest BCUT2D eigenvalue weighted by molar-refractivity contribution is 7.89. The zero-order chi connectivity index (χ0) is 21.2. The third-order valence-corrected chi connectivity index (χ3v) is 7.21. The fraction of sp³-hybridized carbons (Fsp3) is 0.409. The summed E-state index contributed by atoms with van der Waals surface area (Å²) < 4.78 is 39.8. The van der Waals surface area contributed by atoms with Crippen molar-refractivity contribution < 1.29 is 17.6 Å². The molecule has 2 aromatic rings. The Kier molecular flexibility index (Phi) is 6.10. The molecular formula is C22H27FN2O3S. The van der Waals surface area contributed by atoms with Crippen LogP contribution >= 0.6 is 0 Å². The Morgan fingerprint density at radius 2 is 1.55 bits per heavy atom. The van der Waals surface area contributed by atoms with Crippen molar-refractivity contribution in [1.29, 1.82) is 0 Å². The first-order valence-corrected chi connectivity index (χ1v) is 11.2. The van der Waals surface area contributed by atoms with Gasteiger partial charge in [0.05, 0.1) is 4.90 Å². The fourth-order valence-corrected chi connectivity index (χ4v) is 4.88. The molecule has 0 aliphatic carbocycles. The van der Waals surface area contributed by atoms with E-state index in [1.165, 1.54) is 22.0 Å². The number of nitrogens with one attached hydrogen (secondary N) is 1. The number of hydrogen-bond donors (Lipinski definition) is 1. The molecule has 0 aromatic heterocycles. The van der Waals surface area contributed by atoms with Gasteiger partial charge in [-0.3, -0.25) is 4.79 Å². The number of amides is 1. The van der Waals surface area contributed by atoms with Crippen LogP contribution in [-0.4, -0.2) is 31.7 Å². The first kappa shape index (κ1) is 21.5. The van der Waals surface area contributed by atoms with Gasteiger partial charge in [0.2, 0.25) is 15.9 Å². The second-order valence-corrected chi connectivity index (χ2v) is 10.4. The average Bonchev–Trinajstić information content (AvgIpc) is 2.68. The highest BCUT2D eigenvalue weighted by Gasteiger charge is 2.32. The largest absolute Gasteiger partial charge is 0.326 e. The summed E-state index contributed by atoms with van der Waals surface area (Å²) in [5.74, 6) is -0.806. The van der Waals surface area contributed by atoms with Crippen LogP contribution in [0.4, 0.5) is 10.1 Å². The number of halogens is 1. The molecule has 29 heavy (non-hydrogen) atoms. The predicted octanol–water partition coefficient (Wildman–Crippen LogP) is 4.16. The lowest BCUT2D eigenvalue weighted by Crippen LogP contribution is -2.41. The smallest absolute Gasteiger partial charge is 0.243 e. The van der Waals surface area contributed by atoms with E-state index in [-0.39, 0.29) is 35.2 Å². The highest BCUT2D eigenvalue weighted by atomic mass is 32.2. The second-order valence-electron chi connectivity index (χ2n) is 8.45. The summed E-state index contributed by atoms with van der Waals surface area (Å²) in [5, 5.41) is 2.93. The minimum atomic E-state index is -3.67. The summed E-state index contributed by atoms with van der Waals surface area (Å²) >= 11 is 0. The number of anilines is 1. The maximum atomic E-state index is 13.1. The maximum absolute atomic E-state index is 13.1. The molecule has 1 aliphatic heterocycles. The van der Waals surface area contributed by atoms with Crippen molar-refractivity contribution in [1.82, 2.24) is 4.31 Å². The number of piperidine rings is 1. The van der Waals surface area contributed by atoms with Crippen molar-refractivity contribution in [2.75, 3.05) is 18.4 Å². The lowest BCUT2D eigenvalue weighted by Gasteiger charge is -2.30. The fourth-order valence-electron chi connectivity index (χ4n) is 3.41. The van der Waals surface area contributed by atoms with Crippen LogP contribution in [0.5, 0.6) is 0 Å². The summed E-state index contributed by atoms with van der Waals surface area (Å²) in [6, 6.07) is 12.6. The van der Waals surface area contributed by atoms with Crippen LogP contribution in [0.15, 0.2) is 53.4 Å². The van der Waals surface area contributed by atoms with E-state index in [1.54, 1.807) is 0 Å². The number of benzene rings is 2. The molecule has 7 heteroatoms. The van der Waals surface area contributed by atoms with Crippen LogP contribution in [0.3, 0.4) is 0 Å². The normalized spacial score (nSPS) is 16.6. The highest BCUT2D eigenvalue weighted by Crippen LogP contribution is 2.26. The maximum Gasteiger partial charge on any atom is 0.243 e. The molecule has 1 N–H and O–H groups in total. The molecular weight excluding hydrogens is 391 g/mol. The molecule has 0 unspecified atom stereocenters. The second kappa shape index (κ2) is 8.24. The van der Waals surface area contributed by atoms with Crippen LogP contribution in [0.2, 0.25) is 0 Å². The molecule has 3 rings (SSSR count). The Hall–Kier alpha value is -2.25. The van der Waals surface area contributed by atoms with E-state index in [0.29, 0.717) is 12.8 Å². The summed E-state index contributed by atoms with van der Waals surface area (Å²) in [4.78, 5) is 12.7. The van der Waals surface area contributed by atoms with Gasteiger partial charge >= 0.3 is 0 Å². The lowest BCUT2D eigenvalue weighted by atomic mass is 9.87. The molecule has 0 atom stereocenters. The number of hydrogen-bond acceptors (Lipinski definition) is 3. The molecule has 156 valence electrons. The van der Waals surface area contributed by atoms with Gasteiger partial charge in [0, 0.05) is 24.7 Å². The van der Waals surface area contributed by atoms with Crippen LogP contribution in [0.1, 0.15) is 39.2 Å². The summed E-state index contributed by atoms with van der Waals surface area (Å²) in [5.41, 5.74) is 1.98. The van der Waals surface area contributed by atoms with E-state index >= 15 is 0 Å². The monoisotopic (exact) mass is 418 g/mol. The minimum Gasteiger partial charge on any atom is -0.326 e. The number of nitrogens with zero attached hydrogens (tertiary/aromatic N) is 1. The number of carbonyl (C=O) groups is 1. The van der Waals surface area contributed by atoms with Gasteiger partial charge in [0.25, 0.3) is 0 Å². The van der Waals surface area contributed by atoms with Crippen LogP contribution in [-0.2, 0) is 20.2 Å². The van der Waals surface area contributed by atoms with E-state index in [2.05, 4.69) is 26.1 Å². The van der Waals surface area contributed by atoms with Gasteiger partial charge in [0.1, 0.15) is 5.82 Å². The van der Waals surface area contributed by atoms with Gasteiger partial charge < -0.3 is 5.32 Å². The third-order valence-electron chi connectivity index (χ3n) is 5.29. The molecule has 1 amide bonds. The molecule has 1 saturated heterocycles. The van der Waals surface area contributed by atoms with E-state index in [4.69, 9.17) is 0 Å². The number of carbonyl (C=O) groups excluding carboxylic acids is 1. The summed E-state index contributed by atoms with van der Waals surface area (Å²) in [6.07, 6.45) is 0.901. The number of rotatable bonds is 4. The SMILES string of the molecule is CC(C)(C)c1ccc(NC(=O)C2CCN(S(=O)(=O)c3ccc(F)cc3)CC2)cc1. The first-order valence-electron chi connectivity index (χ1n) is 9.74. The van der Waals surface area contributed by atoms with E-state index in [0.717, 1.165) is 17.8 Å². The first-order chi connectivity index (χ1) is 13.6. The van der Waals surface area contributed by atoms with Gasteiger partial charge in [-0.2, -0.15) is 4.31 Å². The van der Waals surface area contributed by atoms with E-state index in [9.17, 15) is 17.6 Å². The molecule has 0 radical (unpaired) electrons. The topological polar surface area (TPSA) is 66.5 Å². The van der Waals surface area contributed by atoms with Gasteiger partial charge in [-0.1, -0.05) is 32.9 Å². The molecule has 1 heterocycles. The minimum absolute atomic E-state index is 0.0470. The van der Waals surface area contributed by atoms with E-state index < -0.39 is 15.8 Å². The van der Waals surface area contributed by atoms with Crippen LogP contribution < -0.4 is 5.32 Å². The van der Waals surface area contributed by atoms with Crippen molar-refractivity contribution in [2.24, 2.45) is 5.92 Å². The molecule has 1 fully saturated rings. The summed E-state index contributed by atoms with van der Waals surface area (Å²) in [6.45, 7) is 6.93. The van der Waals surface area contributed by atoms with Gasteiger partial charge in [-0.05, 0) is 60.2 Å². The molecule has 1 aliphatic rings. The third kappa shape index (κ3) is 5.03. The lowest BCUT2D eigenvalue weighted by molar-refractivity contribution is -0.120. The zero-order valence-corrected chi connectivity index (χ0v) is 17.8. The Bertz CT molecular complexity index is 957. The van der Waals surface area contributed by atoms with Crippen molar-refractivity contribution in [3.63, 3.8) is 0 Å². The molecule has 0 bridgehead atoms. The molecule has 2 aromatic carbocycles. The van der Waals surface area contributed by atoms with Gasteiger partial charge in [0.15, 0.2) is 0 Å². The van der Waals surface area contributed by atoms with Gasteiger partial charge in [-0.15, -0.1) is 0 Å². The Morgan fingerprint density at radius 3 is 2.07 bits per heavy atom. The Morgan fingerprint density at radius 1 is 1.00 bits per heavy atom. The van der Waals surface area contributed by atoms with Crippen molar-refractivity contribution >= 4 is 21.6 Å². The molecule has 0 saturated carbocycles. The van der Waals surface area contributed by atoms with Crippen LogP contribution in [0, 0.1) is 11.7 Å². The molecule has 5 nitrogen and oxygen atoms in total. The average molecular weight is 419 g/mol. The predicted molar refractivity (Wildman–Crippen MR) is 112 cm³/mol. The van der Waals surface area contributed by atoms with Crippen molar-refractivity contribution in [2.45, 2.75) is 43.9 Å². The van der Waals surface area contributed by atoms with Gasteiger partial charge in [-0.25, -0.2) is 12.8 Å². The Labute approximate surface area is 172 Å². The zero-order valence-electron chi connectivity index (χ0n) is 17.0.